The lowest BCUT2D eigenvalue weighted by molar-refractivity contribution is -0.121. The highest BCUT2D eigenvalue weighted by Gasteiger charge is 2.36. The molecule has 1 aromatic carbocycles. The Morgan fingerprint density at radius 1 is 1.42 bits per heavy atom. The maximum atomic E-state index is 12.5. The first-order chi connectivity index (χ1) is 11.3. The molecular weight excluding hydrogens is 346 g/mol. The van der Waals surface area contributed by atoms with Crippen molar-refractivity contribution in [2.24, 2.45) is 12.0 Å². The van der Waals surface area contributed by atoms with E-state index in [-0.39, 0.29) is 5.91 Å². The van der Waals surface area contributed by atoms with Crippen LogP contribution in [-0.2, 0) is 28.3 Å². The van der Waals surface area contributed by atoms with E-state index >= 15 is 0 Å². The van der Waals surface area contributed by atoms with Crippen molar-refractivity contribution in [1.82, 2.24) is 8.87 Å². The summed E-state index contributed by atoms with van der Waals surface area (Å²) in [6.45, 7) is 2.49. The van der Waals surface area contributed by atoms with Gasteiger partial charge in [-0.2, -0.15) is 9.30 Å². The highest BCUT2D eigenvalue weighted by atomic mass is 32.2. The van der Waals surface area contributed by atoms with E-state index in [1.807, 2.05) is 17.7 Å². The summed E-state index contributed by atoms with van der Waals surface area (Å²) < 4.78 is 27.8. The Balaban J connectivity index is 2.00. The van der Waals surface area contributed by atoms with E-state index in [2.05, 4.69) is 24.0 Å². The number of hydrogen-bond donors (Lipinski definition) is 0. The molecule has 0 bridgehead atoms. The van der Waals surface area contributed by atoms with Crippen molar-refractivity contribution in [3.63, 3.8) is 0 Å². The molecule has 24 heavy (non-hydrogen) atoms. The van der Waals surface area contributed by atoms with E-state index in [9.17, 15) is 13.2 Å². The Morgan fingerprint density at radius 2 is 2.17 bits per heavy atom. The number of aryl methyl sites for hydroxylation is 2. The van der Waals surface area contributed by atoms with Crippen molar-refractivity contribution in [1.29, 1.82) is 0 Å². The number of carbonyl (C=O) groups is 1. The van der Waals surface area contributed by atoms with Gasteiger partial charge in [0, 0.05) is 13.6 Å². The van der Waals surface area contributed by atoms with Crippen molar-refractivity contribution in [3.8, 4) is 0 Å². The summed E-state index contributed by atoms with van der Waals surface area (Å²) in [5, 5.41) is 0. The van der Waals surface area contributed by atoms with Gasteiger partial charge < -0.3 is 4.57 Å². The number of nitrogens with zero attached hydrogens (tertiary/aromatic N) is 3. The average Bonchev–Trinajstić information content (AvgIpc) is 3.13. The van der Waals surface area contributed by atoms with Gasteiger partial charge >= 0.3 is 0 Å². The summed E-state index contributed by atoms with van der Waals surface area (Å²) in [4.78, 5) is 17.4. The van der Waals surface area contributed by atoms with Crippen LogP contribution < -0.4 is 4.80 Å². The zero-order chi connectivity index (χ0) is 17.5. The topological polar surface area (TPSA) is 71.7 Å². The van der Waals surface area contributed by atoms with E-state index in [0.717, 1.165) is 22.9 Å². The summed E-state index contributed by atoms with van der Waals surface area (Å²) >= 11 is 1.46. The van der Waals surface area contributed by atoms with Crippen LogP contribution in [-0.4, -0.2) is 42.0 Å². The van der Waals surface area contributed by atoms with Crippen LogP contribution in [0.3, 0.4) is 0 Å². The Kier molecular flexibility index (Phi) is 4.63. The second-order valence-corrected chi connectivity index (χ2v) is 9.03. The number of carbonyl (C=O) groups excluding carboxylic acids is 1. The molecule has 0 saturated carbocycles. The van der Waals surface area contributed by atoms with Crippen LogP contribution in [0.2, 0.25) is 0 Å². The lowest BCUT2D eigenvalue weighted by atomic mass is 10.2. The monoisotopic (exact) mass is 367 g/mol. The second kappa shape index (κ2) is 6.42. The fourth-order valence-corrected chi connectivity index (χ4v) is 5.26. The number of sulfonamides is 1. The highest BCUT2D eigenvalue weighted by Crippen LogP contribution is 2.22. The third kappa shape index (κ3) is 3.18. The molecule has 1 atom stereocenters. The molecule has 1 amide bonds. The van der Waals surface area contributed by atoms with Crippen LogP contribution in [0.4, 0.5) is 0 Å². The number of thiazole rings is 1. The summed E-state index contributed by atoms with van der Waals surface area (Å²) in [6, 6.07) is 5.55. The van der Waals surface area contributed by atoms with E-state index in [1.165, 1.54) is 21.2 Å². The minimum atomic E-state index is -3.38. The maximum Gasteiger partial charge on any atom is 0.266 e. The standard InChI is InChI=1S/C16H21N3O3S2/c1-4-11-7-8-12-14(10-11)23-16(18(12)2)17-15(20)13-6-5-9-19(13)24(3,21)22/h7-8,10,13H,4-6,9H2,1-3H3. The molecule has 1 aromatic heterocycles. The van der Waals surface area contributed by atoms with Gasteiger partial charge in [-0.1, -0.05) is 24.3 Å². The summed E-state index contributed by atoms with van der Waals surface area (Å²) in [7, 11) is -1.51. The number of aromatic nitrogens is 1. The third-order valence-corrected chi connectivity index (χ3v) is 6.79. The van der Waals surface area contributed by atoms with Gasteiger partial charge in [0.15, 0.2) is 4.80 Å². The molecule has 1 aliphatic heterocycles. The summed E-state index contributed by atoms with van der Waals surface area (Å²) in [5.74, 6) is -0.379. The molecule has 0 N–H and O–H groups in total. The van der Waals surface area contributed by atoms with E-state index in [0.29, 0.717) is 24.2 Å². The first-order valence-electron chi connectivity index (χ1n) is 7.95. The number of benzene rings is 1. The van der Waals surface area contributed by atoms with Crippen LogP contribution in [0, 0.1) is 0 Å². The lowest BCUT2D eigenvalue weighted by Gasteiger charge is -2.18. The summed E-state index contributed by atoms with van der Waals surface area (Å²) in [5.41, 5.74) is 2.26. The van der Waals surface area contributed by atoms with Crippen molar-refractivity contribution in [3.05, 3.63) is 28.6 Å². The summed E-state index contributed by atoms with van der Waals surface area (Å²) in [6.07, 6.45) is 3.32. The zero-order valence-corrected chi connectivity index (χ0v) is 15.7. The molecule has 130 valence electrons. The van der Waals surface area contributed by atoms with Gasteiger partial charge in [-0.05, 0) is 37.0 Å². The van der Waals surface area contributed by atoms with Crippen molar-refractivity contribution in [2.45, 2.75) is 32.2 Å². The minimum absolute atomic E-state index is 0.379. The molecule has 8 heteroatoms. The van der Waals surface area contributed by atoms with Crippen LogP contribution in [0.5, 0.6) is 0 Å². The zero-order valence-electron chi connectivity index (χ0n) is 14.0. The van der Waals surface area contributed by atoms with Crippen molar-refractivity contribution >= 4 is 37.5 Å². The molecular formula is C16H21N3O3S2. The molecule has 2 heterocycles. The number of hydrogen-bond acceptors (Lipinski definition) is 4. The van der Waals surface area contributed by atoms with E-state index in [1.54, 1.807) is 0 Å². The smallest absolute Gasteiger partial charge is 0.266 e. The third-order valence-electron chi connectivity index (χ3n) is 4.40. The Labute approximate surface area is 145 Å². The fraction of sp³-hybridized carbons (Fsp3) is 0.500. The molecule has 0 radical (unpaired) electrons. The van der Waals surface area contributed by atoms with Crippen LogP contribution in [0.1, 0.15) is 25.3 Å². The maximum absolute atomic E-state index is 12.5. The highest BCUT2D eigenvalue weighted by molar-refractivity contribution is 7.88. The molecule has 1 saturated heterocycles. The van der Waals surface area contributed by atoms with Crippen LogP contribution in [0.15, 0.2) is 23.2 Å². The molecule has 2 aromatic rings. The van der Waals surface area contributed by atoms with Crippen LogP contribution >= 0.6 is 11.3 Å². The predicted octanol–water partition coefficient (Wildman–Crippen LogP) is 1.65. The molecule has 0 aliphatic carbocycles. The Hall–Kier alpha value is -1.51. The second-order valence-electron chi connectivity index (χ2n) is 6.08. The molecule has 1 aliphatic rings. The molecule has 3 rings (SSSR count). The average molecular weight is 367 g/mol. The largest absolute Gasteiger partial charge is 0.319 e. The first-order valence-corrected chi connectivity index (χ1v) is 10.6. The van der Waals surface area contributed by atoms with Crippen molar-refractivity contribution < 1.29 is 13.2 Å². The van der Waals surface area contributed by atoms with Gasteiger partial charge in [-0.3, -0.25) is 4.79 Å². The normalized spacial score (nSPS) is 20.1. The van der Waals surface area contributed by atoms with Gasteiger partial charge in [-0.15, -0.1) is 0 Å². The first kappa shape index (κ1) is 17.3. The van der Waals surface area contributed by atoms with Gasteiger partial charge in [0.25, 0.3) is 5.91 Å². The fourth-order valence-electron chi connectivity index (χ4n) is 3.06. The Morgan fingerprint density at radius 3 is 2.83 bits per heavy atom. The van der Waals surface area contributed by atoms with Crippen molar-refractivity contribution in [2.75, 3.05) is 12.8 Å². The van der Waals surface area contributed by atoms with Gasteiger partial charge in [0.1, 0.15) is 6.04 Å². The Bertz CT molecular complexity index is 957. The molecule has 1 fully saturated rings. The molecule has 0 spiro atoms. The van der Waals surface area contributed by atoms with Gasteiger partial charge in [0.05, 0.1) is 16.5 Å². The quantitative estimate of drug-likeness (QED) is 0.828. The lowest BCUT2D eigenvalue weighted by Crippen LogP contribution is -2.39. The van der Waals surface area contributed by atoms with Crippen LogP contribution in [0.25, 0.3) is 10.2 Å². The van der Waals surface area contributed by atoms with Gasteiger partial charge in [-0.25, -0.2) is 8.42 Å². The van der Waals surface area contributed by atoms with Gasteiger partial charge in [0.2, 0.25) is 10.0 Å². The predicted molar refractivity (Wildman–Crippen MR) is 95.3 cm³/mol. The number of fused-ring (bicyclic) bond motifs is 1. The van der Waals surface area contributed by atoms with E-state index in [4.69, 9.17) is 0 Å². The molecule has 6 nitrogen and oxygen atoms in total. The number of rotatable bonds is 3. The SMILES string of the molecule is CCc1ccc2c(c1)sc(=NC(=O)C1CCCN1S(C)(=O)=O)n2C. The minimum Gasteiger partial charge on any atom is -0.319 e. The van der Waals surface area contributed by atoms with E-state index < -0.39 is 16.1 Å². The number of amides is 1. The molecule has 1 unspecified atom stereocenters.